The quantitative estimate of drug-likeness (QED) is 0.607. The average molecular weight is 349 g/mol. The number of likely N-dealkylation sites (N-methyl/N-ethyl adjacent to an activating group) is 1. The van der Waals surface area contributed by atoms with Crippen LogP contribution in [-0.2, 0) is 6.54 Å². The number of benzene rings is 1. The number of nitrogens with one attached hydrogen (secondary N) is 2. The first-order valence-corrected chi connectivity index (χ1v) is 9.19. The van der Waals surface area contributed by atoms with Crippen LogP contribution in [0.15, 0.2) is 23.2 Å². The van der Waals surface area contributed by atoms with Crippen molar-refractivity contribution < 1.29 is 4.39 Å². The maximum Gasteiger partial charge on any atom is 0.191 e. The molecule has 0 saturated carbocycles. The van der Waals surface area contributed by atoms with Gasteiger partial charge in [-0.05, 0) is 37.6 Å². The molecule has 1 aliphatic rings. The molecule has 0 aliphatic carbocycles. The Labute approximate surface area is 151 Å². The minimum atomic E-state index is -0.165. The van der Waals surface area contributed by atoms with Crippen molar-refractivity contribution >= 4 is 5.96 Å². The number of piperazine rings is 1. The molecule has 0 bridgehead atoms. The Kier molecular flexibility index (Phi) is 7.65. The van der Waals surface area contributed by atoms with Gasteiger partial charge in [-0.3, -0.25) is 9.89 Å². The molecule has 1 unspecified atom stereocenters. The summed E-state index contributed by atoms with van der Waals surface area (Å²) in [5, 5.41) is 6.63. The minimum absolute atomic E-state index is 0.165. The lowest BCUT2D eigenvalue weighted by atomic mass is 10.1. The van der Waals surface area contributed by atoms with Crippen LogP contribution >= 0.6 is 0 Å². The van der Waals surface area contributed by atoms with Crippen molar-refractivity contribution in [2.45, 2.75) is 33.4 Å². The Morgan fingerprint density at radius 3 is 2.56 bits per heavy atom. The van der Waals surface area contributed by atoms with Crippen LogP contribution in [0.5, 0.6) is 0 Å². The van der Waals surface area contributed by atoms with Gasteiger partial charge in [0.15, 0.2) is 5.96 Å². The first-order chi connectivity index (χ1) is 12.0. The zero-order valence-corrected chi connectivity index (χ0v) is 16.0. The van der Waals surface area contributed by atoms with E-state index in [1.165, 1.54) is 0 Å². The lowest BCUT2D eigenvalue weighted by Gasteiger charge is -2.37. The number of hydrogen-bond donors (Lipinski definition) is 2. The lowest BCUT2D eigenvalue weighted by molar-refractivity contribution is 0.107. The lowest BCUT2D eigenvalue weighted by Crippen LogP contribution is -2.53. The van der Waals surface area contributed by atoms with Crippen molar-refractivity contribution in [3.8, 4) is 0 Å². The molecule has 140 valence electrons. The van der Waals surface area contributed by atoms with Crippen molar-refractivity contribution in [2.75, 3.05) is 46.3 Å². The van der Waals surface area contributed by atoms with Crippen LogP contribution in [0.1, 0.15) is 25.0 Å². The second-order valence-electron chi connectivity index (χ2n) is 6.71. The minimum Gasteiger partial charge on any atom is -0.355 e. The van der Waals surface area contributed by atoms with Gasteiger partial charge in [0.25, 0.3) is 0 Å². The molecule has 2 rings (SSSR count). The largest absolute Gasteiger partial charge is 0.355 e. The highest BCUT2D eigenvalue weighted by molar-refractivity contribution is 5.79. The van der Waals surface area contributed by atoms with Crippen molar-refractivity contribution in [2.24, 2.45) is 4.99 Å². The SMILES string of the molecule is CCN1CCN(C(C)CNC(=NC)NCc2ccc(C)c(F)c2)CC1. The van der Waals surface area contributed by atoms with Crippen LogP contribution in [0, 0.1) is 12.7 Å². The Hall–Kier alpha value is -1.66. The maximum absolute atomic E-state index is 13.6. The van der Waals surface area contributed by atoms with E-state index in [0.717, 1.165) is 50.8 Å². The second kappa shape index (κ2) is 9.73. The van der Waals surface area contributed by atoms with Gasteiger partial charge in [0.2, 0.25) is 0 Å². The third-order valence-corrected chi connectivity index (χ3v) is 4.96. The number of aryl methyl sites for hydroxylation is 1. The normalized spacial score (nSPS) is 18.2. The van der Waals surface area contributed by atoms with Crippen molar-refractivity contribution in [3.05, 3.63) is 35.1 Å². The molecule has 0 spiro atoms. The molecule has 1 fully saturated rings. The predicted octanol–water partition coefficient (Wildman–Crippen LogP) is 1.83. The number of aliphatic imine (C=N–C) groups is 1. The zero-order valence-electron chi connectivity index (χ0n) is 16.0. The fourth-order valence-corrected chi connectivity index (χ4v) is 3.05. The summed E-state index contributed by atoms with van der Waals surface area (Å²) in [6.45, 7) is 13.3. The van der Waals surface area contributed by atoms with Gasteiger partial charge in [-0.15, -0.1) is 0 Å². The highest BCUT2D eigenvalue weighted by Crippen LogP contribution is 2.09. The standard InChI is InChI=1S/C19H32FN5/c1-5-24-8-10-25(11-9-24)16(3)13-22-19(21-4)23-14-17-7-6-15(2)18(20)12-17/h6-7,12,16H,5,8-11,13-14H2,1-4H3,(H2,21,22,23). The van der Waals surface area contributed by atoms with Crippen LogP contribution in [0.4, 0.5) is 4.39 Å². The van der Waals surface area contributed by atoms with Gasteiger partial charge in [-0.25, -0.2) is 4.39 Å². The third-order valence-electron chi connectivity index (χ3n) is 4.96. The van der Waals surface area contributed by atoms with Crippen LogP contribution in [0.3, 0.4) is 0 Å². The summed E-state index contributed by atoms with van der Waals surface area (Å²) in [5.74, 6) is 0.585. The van der Waals surface area contributed by atoms with E-state index in [1.54, 1.807) is 26.1 Å². The molecule has 1 aromatic carbocycles. The maximum atomic E-state index is 13.6. The highest BCUT2D eigenvalue weighted by atomic mass is 19.1. The van der Waals surface area contributed by atoms with Crippen LogP contribution < -0.4 is 10.6 Å². The van der Waals surface area contributed by atoms with Crippen LogP contribution in [0.25, 0.3) is 0 Å². The second-order valence-corrected chi connectivity index (χ2v) is 6.71. The molecular weight excluding hydrogens is 317 g/mol. The number of rotatable bonds is 6. The number of guanidine groups is 1. The summed E-state index contributed by atoms with van der Waals surface area (Å²) in [6, 6.07) is 5.77. The molecular formula is C19H32FN5. The summed E-state index contributed by atoms with van der Waals surface area (Å²) in [4.78, 5) is 9.26. The third kappa shape index (κ3) is 5.97. The summed E-state index contributed by atoms with van der Waals surface area (Å²) < 4.78 is 13.6. The Morgan fingerprint density at radius 2 is 1.96 bits per heavy atom. The summed E-state index contributed by atoms with van der Waals surface area (Å²) in [7, 11) is 1.76. The first kappa shape index (κ1) is 19.7. The van der Waals surface area contributed by atoms with E-state index in [-0.39, 0.29) is 5.82 Å². The molecule has 0 radical (unpaired) electrons. The van der Waals surface area contributed by atoms with Gasteiger partial charge in [0.05, 0.1) is 0 Å². The van der Waals surface area contributed by atoms with Crippen LogP contribution in [-0.4, -0.2) is 68.1 Å². The molecule has 25 heavy (non-hydrogen) atoms. The fraction of sp³-hybridized carbons (Fsp3) is 0.632. The summed E-state index contributed by atoms with van der Waals surface area (Å²) in [6.07, 6.45) is 0. The molecule has 1 aromatic rings. The smallest absolute Gasteiger partial charge is 0.191 e. The fourth-order valence-electron chi connectivity index (χ4n) is 3.05. The van der Waals surface area contributed by atoms with Gasteiger partial charge in [0, 0.05) is 52.4 Å². The monoisotopic (exact) mass is 349 g/mol. The van der Waals surface area contributed by atoms with Crippen LogP contribution in [0.2, 0.25) is 0 Å². The molecule has 0 aromatic heterocycles. The van der Waals surface area contributed by atoms with Gasteiger partial charge >= 0.3 is 0 Å². The van der Waals surface area contributed by atoms with Gasteiger partial charge < -0.3 is 15.5 Å². The van der Waals surface area contributed by atoms with Gasteiger partial charge in [-0.2, -0.15) is 0 Å². The van der Waals surface area contributed by atoms with E-state index in [0.29, 0.717) is 18.2 Å². The van der Waals surface area contributed by atoms with E-state index < -0.39 is 0 Å². The van der Waals surface area contributed by atoms with E-state index in [1.807, 2.05) is 6.07 Å². The first-order valence-electron chi connectivity index (χ1n) is 9.19. The van der Waals surface area contributed by atoms with E-state index >= 15 is 0 Å². The zero-order chi connectivity index (χ0) is 18.2. The van der Waals surface area contributed by atoms with Gasteiger partial charge in [-0.1, -0.05) is 19.1 Å². The van der Waals surface area contributed by atoms with Crippen molar-refractivity contribution in [1.29, 1.82) is 0 Å². The number of hydrogen-bond acceptors (Lipinski definition) is 3. The molecule has 0 amide bonds. The Balaban J connectivity index is 1.75. The van der Waals surface area contributed by atoms with E-state index in [2.05, 4.69) is 39.3 Å². The summed E-state index contributed by atoms with van der Waals surface area (Å²) in [5.41, 5.74) is 1.58. The van der Waals surface area contributed by atoms with Crippen molar-refractivity contribution in [1.82, 2.24) is 20.4 Å². The molecule has 1 heterocycles. The Morgan fingerprint density at radius 1 is 1.24 bits per heavy atom. The summed E-state index contributed by atoms with van der Waals surface area (Å²) >= 11 is 0. The van der Waals surface area contributed by atoms with E-state index in [9.17, 15) is 4.39 Å². The number of nitrogens with zero attached hydrogens (tertiary/aromatic N) is 3. The molecule has 1 atom stereocenters. The molecule has 1 saturated heterocycles. The number of halogens is 1. The topological polar surface area (TPSA) is 42.9 Å². The molecule has 6 heteroatoms. The average Bonchev–Trinajstić information content (AvgIpc) is 2.64. The molecule has 2 N–H and O–H groups in total. The Bertz CT molecular complexity index is 567. The van der Waals surface area contributed by atoms with Gasteiger partial charge in [0.1, 0.15) is 5.82 Å². The highest BCUT2D eigenvalue weighted by Gasteiger charge is 2.20. The molecule has 1 aliphatic heterocycles. The van der Waals surface area contributed by atoms with E-state index in [4.69, 9.17) is 0 Å². The van der Waals surface area contributed by atoms with Crippen molar-refractivity contribution in [3.63, 3.8) is 0 Å². The molecule has 5 nitrogen and oxygen atoms in total. The predicted molar refractivity (Wildman–Crippen MR) is 102 cm³/mol.